The molecule has 20 heavy (non-hydrogen) atoms. The lowest BCUT2D eigenvalue weighted by atomic mass is 10.1. The lowest BCUT2D eigenvalue weighted by molar-refractivity contribution is 0.0697. The van der Waals surface area contributed by atoms with E-state index in [0.717, 1.165) is 0 Å². The first-order chi connectivity index (χ1) is 9.50. The number of benzene rings is 2. The average molecular weight is 271 g/mol. The number of para-hydroxylation sites is 1. The van der Waals surface area contributed by atoms with Crippen molar-refractivity contribution in [2.75, 3.05) is 11.9 Å². The monoisotopic (exact) mass is 271 g/mol. The van der Waals surface area contributed by atoms with Crippen molar-refractivity contribution in [1.29, 1.82) is 0 Å². The Labute approximate surface area is 115 Å². The van der Waals surface area contributed by atoms with Crippen LogP contribution in [0.25, 0.3) is 0 Å². The zero-order chi connectivity index (χ0) is 14.7. The first kappa shape index (κ1) is 13.6. The molecule has 0 atom stereocenters. The number of phenols is 1. The maximum Gasteiger partial charge on any atom is 0.337 e. The van der Waals surface area contributed by atoms with Gasteiger partial charge in [0.25, 0.3) is 5.91 Å². The zero-order valence-corrected chi connectivity index (χ0v) is 10.8. The van der Waals surface area contributed by atoms with Gasteiger partial charge in [-0.3, -0.25) is 4.79 Å². The highest BCUT2D eigenvalue weighted by Crippen LogP contribution is 2.22. The number of aromatic carboxylic acids is 1. The van der Waals surface area contributed by atoms with E-state index in [9.17, 15) is 14.7 Å². The zero-order valence-electron chi connectivity index (χ0n) is 10.8. The van der Waals surface area contributed by atoms with Crippen LogP contribution in [0.3, 0.4) is 0 Å². The van der Waals surface area contributed by atoms with Crippen molar-refractivity contribution in [2.45, 2.75) is 0 Å². The summed E-state index contributed by atoms with van der Waals surface area (Å²) in [5.41, 5.74) is 0.629. The molecule has 2 aromatic carbocycles. The van der Waals surface area contributed by atoms with Gasteiger partial charge in [-0.25, -0.2) is 4.79 Å². The predicted octanol–water partition coefficient (Wildman–Crippen LogP) is 2.37. The minimum absolute atomic E-state index is 0.0178. The molecular formula is C15H13NO4. The second-order valence-electron chi connectivity index (χ2n) is 4.24. The second kappa shape index (κ2) is 5.44. The summed E-state index contributed by atoms with van der Waals surface area (Å²) in [6.45, 7) is 0. The summed E-state index contributed by atoms with van der Waals surface area (Å²) in [4.78, 5) is 24.7. The Morgan fingerprint density at radius 3 is 2.40 bits per heavy atom. The van der Waals surface area contributed by atoms with Gasteiger partial charge in [0, 0.05) is 12.6 Å². The summed E-state index contributed by atoms with van der Waals surface area (Å²) in [7, 11) is 1.49. The van der Waals surface area contributed by atoms with E-state index in [0.29, 0.717) is 5.69 Å². The molecule has 102 valence electrons. The van der Waals surface area contributed by atoms with Crippen LogP contribution >= 0.6 is 0 Å². The molecule has 1 amide bonds. The van der Waals surface area contributed by atoms with Crippen LogP contribution < -0.4 is 4.90 Å². The molecule has 0 saturated carbocycles. The van der Waals surface area contributed by atoms with Crippen LogP contribution in [0.5, 0.6) is 5.75 Å². The normalized spacial score (nSPS) is 10.1. The molecule has 0 saturated heterocycles. The number of hydrogen-bond donors (Lipinski definition) is 2. The highest BCUT2D eigenvalue weighted by atomic mass is 16.4. The summed E-state index contributed by atoms with van der Waals surface area (Å²) in [6.07, 6.45) is 0. The summed E-state index contributed by atoms with van der Waals surface area (Å²) in [5.74, 6) is -1.51. The quantitative estimate of drug-likeness (QED) is 0.898. The third-order valence-electron chi connectivity index (χ3n) is 2.89. The third-order valence-corrected chi connectivity index (χ3v) is 2.89. The predicted molar refractivity (Wildman–Crippen MR) is 74.2 cm³/mol. The highest BCUT2D eigenvalue weighted by Gasteiger charge is 2.19. The molecule has 0 bridgehead atoms. The molecule has 0 aromatic heterocycles. The number of nitrogens with zero attached hydrogens (tertiary/aromatic N) is 1. The Kier molecular flexibility index (Phi) is 3.70. The maximum absolute atomic E-state index is 12.3. The molecular weight excluding hydrogens is 258 g/mol. The maximum atomic E-state index is 12.3. The van der Waals surface area contributed by atoms with Crippen molar-refractivity contribution in [1.82, 2.24) is 0 Å². The van der Waals surface area contributed by atoms with Gasteiger partial charge in [0.2, 0.25) is 0 Å². The van der Waals surface area contributed by atoms with Gasteiger partial charge in [0.05, 0.1) is 11.3 Å². The van der Waals surface area contributed by atoms with E-state index in [4.69, 9.17) is 5.11 Å². The standard InChI is InChI=1S/C15H13NO4/c1-16(13-8-3-2-7-12(13)15(19)20)14(18)10-5-4-6-11(17)9-10/h2-9,17H,1H3,(H,19,20). The molecule has 5 heteroatoms. The van der Waals surface area contributed by atoms with E-state index in [-0.39, 0.29) is 16.9 Å². The number of carboxylic acid groups (broad SMARTS) is 1. The number of phenolic OH excluding ortho intramolecular Hbond substituents is 1. The fourth-order valence-electron chi connectivity index (χ4n) is 1.89. The smallest absolute Gasteiger partial charge is 0.337 e. The number of carboxylic acids is 1. The number of carbonyl (C=O) groups is 2. The Morgan fingerprint density at radius 2 is 1.75 bits per heavy atom. The summed E-state index contributed by atoms with van der Waals surface area (Å²) >= 11 is 0. The fourth-order valence-corrected chi connectivity index (χ4v) is 1.89. The molecule has 0 radical (unpaired) electrons. The molecule has 0 aliphatic heterocycles. The molecule has 0 spiro atoms. The van der Waals surface area contributed by atoms with E-state index in [2.05, 4.69) is 0 Å². The van der Waals surface area contributed by atoms with Gasteiger partial charge in [0.15, 0.2) is 0 Å². The van der Waals surface area contributed by atoms with Gasteiger partial charge in [-0.2, -0.15) is 0 Å². The molecule has 2 N–H and O–H groups in total. The lowest BCUT2D eigenvalue weighted by Gasteiger charge is -2.19. The third kappa shape index (κ3) is 2.61. The first-order valence-corrected chi connectivity index (χ1v) is 5.90. The van der Waals surface area contributed by atoms with Crippen LogP contribution in [0.2, 0.25) is 0 Å². The average Bonchev–Trinajstić information content (AvgIpc) is 2.45. The fraction of sp³-hybridized carbons (Fsp3) is 0.0667. The topological polar surface area (TPSA) is 77.8 Å². The molecule has 0 aliphatic carbocycles. The second-order valence-corrected chi connectivity index (χ2v) is 4.24. The number of aromatic hydroxyl groups is 1. The highest BCUT2D eigenvalue weighted by molar-refractivity contribution is 6.09. The van der Waals surface area contributed by atoms with Crippen LogP contribution in [-0.4, -0.2) is 29.1 Å². The summed E-state index contributed by atoms with van der Waals surface area (Å²) in [5, 5.41) is 18.5. The summed E-state index contributed by atoms with van der Waals surface area (Å²) < 4.78 is 0. The van der Waals surface area contributed by atoms with Crippen molar-refractivity contribution < 1.29 is 19.8 Å². The lowest BCUT2D eigenvalue weighted by Crippen LogP contribution is -2.27. The Bertz CT molecular complexity index is 666. The number of carbonyl (C=O) groups excluding carboxylic acids is 1. The van der Waals surface area contributed by atoms with E-state index in [1.807, 2.05) is 0 Å². The van der Waals surface area contributed by atoms with Gasteiger partial charge in [0.1, 0.15) is 5.75 Å². The van der Waals surface area contributed by atoms with Crippen molar-refractivity contribution in [2.24, 2.45) is 0 Å². The molecule has 2 aromatic rings. The van der Waals surface area contributed by atoms with E-state index in [1.54, 1.807) is 30.3 Å². The minimum atomic E-state index is -1.10. The van der Waals surface area contributed by atoms with Crippen LogP contribution in [-0.2, 0) is 0 Å². The van der Waals surface area contributed by atoms with Crippen LogP contribution in [0, 0.1) is 0 Å². The van der Waals surface area contributed by atoms with Crippen LogP contribution in [0.15, 0.2) is 48.5 Å². The Hall–Kier alpha value is -2.82. The van der Waals surface area contributed by atoms with Gasteiger partial charge in [-0.05, 0) is 30.3 Å². The van der Waals surface area contributed by atoms with E-state index in [1.165, 1.54) is 30.1 Å². The number of hydrogen-bond acceptors (Lipinski definition) is 3. The number of amides is 1. The number of anilines is 1. The Morgan fingerprint density at radius 1 is 1.05 bits per heavy atom. The Balaban J connectivity index is 2.39. The van der Waals surface area contributed by atoms with Crippen molar-refractivity contribution >= 4 is 17.6 Å². The van der Waals surface area contributed by atoms with Crippen molar-refractivity contribution in [3.05, 3.63) is 59.7 Å². The van der Waals surface area contributed by atoms with Gasteiger partial charge in [-0.1, -0.05) is 18.2 Å². The molecule has 5 nitrogen and oxygen atoms in total. The van der Waals surface area contributed by atoms with Gasteiger partial charge >= 0.3 is 5.97 Å². The molecule has 0 unspecified atom stereocenters. The number of rotatable bonds is 3. The van der Waals surface area contributed by atoms with E-state index >= 15 is 0 Å². The molecule has 0 heterocycles. The van der Waals surface area contributed by atoms with Gasteiger partial charge in [-0.15, -0.1) is 0 Å². The molecule has 2 rings (SSSR count). The molecule has 0 aliphatic rings. The van der Waals surface area contributed by atoms with Crippen molar-refractivity contribution in [3.63, 3.8) is 0 Å². The van der Waals surface area contributed by atoms with Gasteiger partial charge < -0.3 is 15.1 Å². The van der Waals surface area contributed by atoms with E-state index < -0.39 is 11.9 Å². The molecule has 0 fully saturated rings. The summed E-state index contributed by atoms with van der Waals surface area (Å²) in [6, 6.07) is 12.2. The largest absolute Gasteiger partial charge is 0.508 e. The first-order valence-electron chi connectivity index (χ1n) is 5.90. The van der Waals surface area contributed by atoms with Crippen LogP contribution in [0.1, 0.15) is 20.7 Å². The minimum Gasteiger partial charge on any atom is -0.508 e. The van der Waals surface area contributed by atoms with Crippen molar-refractivity contribution in [3.8, 4) is 5.75 Å². The van der Waals surface area contributed by atoms with Crippen LogP contribution in [0.4, 0.5) is 5.69 Å². The SMILES string of the molecule is CN(C(=O)c1cccc(O)c1)c1ccccc1C(=O)O.